The highest BCUT2D eigenvalue weighted by Gasteiger charge is 2.40. The Morgan fingerprint density at radius 3 is 2.43 bits per heavy atom. The van der Waals surface area contributed by atoms with Gasteiger partial charge in [-0.2, -0.15) is 0 Å². The van der Waals surface area contributed by atoms with Crippen molar-refractivity contribution in [3.05, 3.63) is 77.0 Å². The molecule has 1 atom stereocenters. The molecule has 2 aliphatic rings. The van der Waals surface area contributed by atoms with Crippen LogP contribution < -0.4 is 5.32 Å². The van der Waals surface area contributed by atoms with Crippen LogP contribution in [0.4, 0.5) is 0 Å². The molecule has 2 aromatic rings. The third kappa shape index (κ3) is 2.42. The number of nitrogens with one attached hydrogen (secondary N) is 1. The fourth-order valence-electron chi connectivity index (χ4n) is 3.21. The molecule has 23 heavy (non-hydrogen) atoms. The summed E-state index contributed by atoms with van der Waals surface area (Å²) in [6.45, 7) is 0.485. The van der Waals surface area contributed by atoms with Crippen molar-refractivity contribution in [3.8, 4) is 0 Å². The van der Waals surface area contributed by atoms with Gasteiger partial charge in [0.05, 0.1) is 0 Å². The second-order valence-corrected chi connectivity index (χ2v) is 5.88. The number of fused-ring (bicyclic) bond motifs is 2. The van der Waals surface area contributed by atoms with Crippen molar-refractivity contribution in [1.29, 1.82) is 0 Å². The Morgan fingerprint density at radius 2 is 1.65 bits per heavy atom. The molecule has 0 aliphatic carbocycles. The molecular formula is C19H16N2O2. The van der Waals surface area contributed by atoms with Gasteiger partial charge in [0.15, 0.2) is 0 Å². The van der Waals surface area contributed by atoms with Crippen LogP contribution in [-0.4, -0.2) is 22.8 Å². The Balaban J connectivity index is 1.69. The highest BCUT2D eigenvalue weighted by Crippen LogP contribution is 2.27. The van der Waals surface area contributed by atoms with Gasteiger partial charge in [0, 0.05) is 13.0 Å². The number of amides is 2. The second-order valence-electron chi connectivity index (χ2n) is 5.88. The van der Waals surface area contributed by atoms with Crippen LogP contribution in [-0.2, 0) is 22.6 Å². The number of carbonyl (C=O) groups is 2. The van der Waals surface area contributed by atoms with Crippen molar-refractivity contribution in [2.24, 2.45) is 0 Å². The van der Waals surface area contributed by atoms with Crippen molar-refractivity contribution in [3.63, 3.8) is 0 Å². The monoisotopic (exact) mass is 304 g/mol. The fourth-order valence-corrected chi connectivity index (χ4v) is 3.21. The molecule has 114 valence electrons. The molecule has 0 bridgehead atoms. The number of hydrogen-bond acceptors (Lipinski definition) is 2. The molecule has 0 spiro atoms. The van der Waals surface area contributed by atoms with Crippen LogP contribution >= 0.6 is 0 Å². The van der Waals surface area contributed by atoms with Crippen LogP contribution in [0.15, 0.2) is 60.3 Å². The van der Waals surface area contributed by atoms with Gasteiger partial charge in [0.2, 0.25) is 5.91 Å². The van der Waals surface area contributed by atoms with Crippen LogP contribution in [0.3, 0.4) is 0 Å². The Kier molecular flexibility index (Phi) is 3.23. The van der Waals surface area contributed by atoms with Crippen molar-refractivity contribution < 1.29 is 9.59 Å². The maximum atomic E-state index is 12.8. The summed E-state index contributed by atoms with van der Waals surface area (Å²) in [6, 6.07) is 17.1. The van der Waals surface area contributed by atoms with E-state index in [1.165, 1.54) is 0 Å². The molecule has 1 saturated heterocycles. The van der Waals surface area contributed by atoms with E-state index in [2.05, 4.69) is 5.32 Å². The number of benzene rings is 2. The summed E-state index contributed by atoms with van der Waals surface area (Å²) >= 11 is 0. The molecule has 2 heterocycles. The van der Waals surface area contributed by atoms with Gasteiger partial charge in [-0.05, 0) is 22.8 Å². The predicted molar refractivity (Wildman–Crippen MR) is 87.0 cm³/mol. The summed E-state index contributed by atoms with van der Waals surface area (Å²) in [6.07, 6.45) is 2.31. The van der Waals surface area contributed by atoms with Crippen LogP contribution in [0.2, 0.25) is 0 Å². The Hall–Kier alpha value is -2.88. The lowest BCUT2D eigenvalue weighted by atomic mass is 9.91. The van der Waals surface area contributed by atoms with Gasteiger partial charge < -0.3 is 10.2 Å². The van der Waals surface area contributed by atoms with Crippen molar-refractivity contribution in [2.45, 2.75) is 19.0 Å². The first-order valence-electron chi connectivity index (χ1n) is 7.68. The topological polar surface area (TPSA) is 49.4 Å². The van der Waals surface area contributed by atoms with Gasteiger partial charge >= 0.3 is 0 Å². The first-order valence-corrected chi connectivity index (χ1v) is 7.68. The van der Waals surface area contributed by atoms with E-state index in [1.54, 1.807) is 11.0 Å². The molecule has 0 unspecified atom stereocenters. The summed E-state index contributed by atoms with van der Waals surface area (Å²) in [4.78, 5) is 26.9. The molecule has 4 heteroatoms. The minimum absolute atomic E-state index is 0.110. The summed E-state index contributed by atoms with van der Waals surface area (Å²) in [7, 11) is 0. The summed E-state index contributed by atoms with van der Waals surface area (Å²) < 4.78 is 0. The third-order valence-corrected chi connectivity index (χ3v) is 4.41. The molecule has 2 amide bonds. The lowest BCUT2D eigenvalue weighted by Gasteiger charge is -2.39. The van der Waals surface area contributed by atoms with Crippen LogP contribution in [0.5, 0.6) is 0 Å². The first-order chi connectivity index (χ1) is 11.2. The number of carbonyl (C=O) groups excluding carboxylic acids is 2. The fraction of sp³-hybridized carbons (Fsp3) is 0.158. The highest BCUT2D eigenvalue weighted by atomic mass is 16.2. The van der Waals surface area contributed by atoms with Crippen molar-refractivity contribution in [1.82, 2.24) is 10.2 Å². The minimum atomic E-state index is -0.412. The summed E-state index contributed by atoms with van der Waals surface area (Å²) in [5, 5.41) is 2.78. The molecule has 4 nitrogen and oxygen atoms in total. The lowest BCUT2D eigenvalue weighted by molar-refractivity contribution is -0.143. The molecule has 0 radical (unpaired) electrons. The van der Waals surface area contributed by atoms with Gasteiger partial charge in [-0.1, -0.05) is 54.6 Å². The van der Waals surface area contributed by atoms with E-state index in [1.807, 2.05) is 54.6 Å². The smallest absolute Gasteiger partial charge is 0.271 e. The molecule has 2 aromatic carbocycles. The Morgan fingerprint density at radius 1 is 0.957 bits per heavy atom. The predicted octanol–water partition coefficient (Wildman–Crippen LogP) is 2.11. The number of nitrogens with zero attached hydrogens (tertiary/aromatic N) is 1. The molecule has 0 aromatic heterocycles. The zero-order valence-electron chi connectivity index (χ0n) is 12.5. The van der Waals surface area contributed by atoms with Crippen molar-refractivity contribution >= 4 is 17.9 Å². The first kappa shape index (κ1) is 13.8. The normalized spacial score (nSPS) is 21.7. The summed E-state index contributed by atoms with van der Waals surface area (Å²) in [5.41, 5.74) is 3.50. The van der Waals surface area contributed by atoms with Gasteiger partial charge in [0.1, 0.15) is 11.7 Å². The second kappa shape index (κ2) is 5.39. The van der Waals surface area contributed by atoms with E-state index in [4.69, 9.17) is 0 Å². The van der Waals surface area contributed by atoms with Gasteiger partial charge in [0.25, 0.3) is 5.91 Å². The lowest BCUT2D eigenvalue weighted by Crippen LogP contribution is -2.58. The van der Waals surface area contributed by atoms with Crippen LogP contribution in [0, 0.1) is 0 Å². The molecule has 1 fully saturated rings. The molecule has 4 rings (SSSR count). The standard InChI is InChI=1S/C19H16N2O2/c22-18-17-11-14-8-4-5-9-15(14)12-21(17)19(23)16(20-18)10-13-6-2-1-3-7-13/h1-10,17H,11-12H2,(H,20,22)/b16-10-/t17-/m1/s1. The van der Waals surface area contributed by atoms with E-state index in [0.29, 0.717) is 18.7 Å². The quantitative estimate of drug-likeness (QED) is 0.820. The van der Waals surface area contributed by atoms with E-state index >= 15 is 0 Å². The Bertz CT molecular complexity index is 811. The number of hydrogen-bond donors (Lipinski definition) is 1. The van der Waals surface area contributed by atoms with Crippen LogP contribution in [0.1, 0.15) is 16.7 Å². The average Bonchev–Trinajstić information content (AvgIpc) is 2.59. The zero-order valence-corrected chi connectivity index (χ0v) is 12.5. The minimum Gasteiger partial charge on any atom is -0.321 e. The SMILES string of the molecule is O=C1N/C(=C\c2ccccc2)C(=O)N2Cc3ccccc3C[C@H]12. The van der Waals surface area contributed by atoms with E-state index in [9.17, 15) is 9.59 Å². The maximum absolute atomic E-state index is 12.8. The van der Waals surface area contributed by atoms with E-state index in [-0.39, 0.29) is 11.8 Å². The third-order valence-electron chi connectivity index (χ3n) is 4.41. The Labute approximate surface area is 134 Å². The molecule has 2 aliphatic heterocycles. The van der Waals surface area contributed by atoms with Gasteiger partial charge in [-0.25, -0.2) is 0 Å². The average molecular weight is 304 g/mol. The zero-order chi connectivity index (χ0) is 15.8. The summed E-state index contributed by atoms with van der Waals surface area (Å²) in [5.74, 6) is -0.228. The van der Waals surface area contributed by atoms with Gasteiger partial charge in [-0.15, -0.1) is 0 Å². The molecule has 1 N–H and O–H groups in total. The van der Waals surface area contributed by atoms with E-state index in [0.717, 1.165) is 16.7 Å². The van der Waals surface area contributed by atoms with Crippen LogP contribution in [0.25, 0.3) is 6.08 Å². The molecule has 0 saturated carbocycles. The largest absolute Gasteiger partial charge is 0.321 e. The number of rotatable bonds is 1. The molecular weight excluding hydrogens is 288 g/mol. The van der Waals surface area contributed by atoms with E-state index < -0.39 is 6.04 Å². The number of piperazine rings is 1. The van der Waals surface area contributed by atoms with Crippen molar-refractivity contribution in [2.75, 3.05) is 0 Å². The van der Waals surface area contributed by atoms with Gasteiger partial charge in [-0.3, -0.25) is 9.59 Å². The highest BCUT2D eigenvalue weighted by molar-refractivity contribution is 6.07. The maximum Gasteiger partial charge on any atom is 0.271 e.